The average molecular weight is 481 g/mol. The van der Waals surface area contributed by atoms with Crippen molar-refractivity contribution >= 4 is 22.7 Å². The molecule has 4 aromatic heterocycles. The largest absolute Gasteiger partial charge is 0.451 e. The molecule has 0 aliphatic heterocycles. The van der Waals surface area contributed by atoms with Crippen molar-refractivity contribution in [3.63, 3.8) is 0 Å². The first-order chi connectivity index (χ1) is 16.7. The first kappa shape index (κ1) is 22.3. The third-order valence-corrected chi connectivity index (χ3v) is 5.26. The number of alkyl halides is 3. The molecule has 9 nitrogen and oxygen atoms in total. The number of halogens is 3. The smallest absolute Gasteiger partial charge is 0.434 e. The van der Waals surface area contributed by atoms with Crippen molar-refractivity contribution in [2.75, 3.05) is 5.32 Å². The van der Waals surface area contributed by atoms with Gasteiger partial charge in [0.1, 0.15) is 23.4 Å². The van der Waals surface area contributed by atoms with E-state index in [2.05, 4.69) is 25.5 Å². The standard InChI is InChI=1S/C23H18F3N7O2/c1-13(2)33-12-28-31-21(33)15-5-3-8-20(29-15)30-22(34)18-9-14-16(6-4-7-17(14)35-18)32-10-19(27-11-32)23(24,25)26/h3-13H,1-2H3,(H,29,30,34). The second-order valence-electron chi connectivity index (χ2n) is 7.98. The van der Waals surface area contributed by atoms with E-state index in [1.807, 2.05) is 18.4 Å². The molecule has 1 aromatic carbocycles. The lowest BCUT2D eigenvalue weighted by Gasteiger charge is -2.10. The Balaban J connectivity index is 1.43. The number of imidazole rings is 1. The Kier molecular flexibility index (Phi) is 5.35. The maximum absolute atomic E-state index is 13.0. The Morgan fingerprint density at radius 1 is 1.11 bits per heavy atom. The summed E-state index contributed by atoms with van der Waals surface area (Å²) in [6, 6.07) is 11.5. The van der Waals surface area contributed by atoms with E-state index in [9.17, 15) is 18.0 Å². The molecule has 12 heteroatoms. The quantitative estimate of drug-likeness (QED) is 0.374. The van der Waals surface area contributed by atoms with Gasteiger partial charge < -0.3 is 18.9 Å². The molecule has 0 unspecified atom stereocenters. The van der Waals surface area contributed by atoms with Crippen LogP contribution in [0.3, 0.4) is 0 Å². The number of benzene rings is 1. The minimum atomic E-state index is -4.56. The van der Waals surface area contributed by atoms with E-state index in [4.69, 9.17) is 4.42 Å². The SMILES string of the molecule is CC(C)n1cnnc1-c1cccc(NC(=O)c2cc3c(-n4cnc(C(F)(F)F)c4)cccc3o2)n1. The third kappa shape index (κ3) is 4.25. The summed E-state index contributed by atoms with van der Waals surface area (Å²) in [7, 11) is 0. The first-order valence-electron chi connectivity index (χ1n) is 10.5. The van der Waals surface area contributed by atoms with Gasteiger partial charge >= 0.3 is 6.18 Å². The van der Waals surface area contributed by atoms with Crippen LogP contribution in [0.4, 0.5) is 19.0 Å². The van der Waals surface area contributed by atoms with E-state index < -0.39 is 17.8 Å². The van der Waals surface area contributed by atoms with Crippen molar-refractivity contribution < 1.29 is 22.4 Å². The molecule has 4 heterocycles. The van der Waals surface area contributed by atoms with E-state index in [-0.39, 0.29) is 17.6 Å². The van der Waals surface area contributed by atoms with Crippen LogP contribution in [0, 0.1) is 0 Å². The van der Waals surface area contributed by atoms with Crippen molar-refractivity contribution in [3.05, 3.63) is 72.8 Å². The van der Waals surface area contributed by atoms with Gasteiger partial charge in [0.05, 0.1) is 12.0 Å². The molecule has 0 aliphatic carbocycles. The summed E-state index contributed by atoms with van der Waals surface area (Å²) in [6.45, 7) is 3.98. The molecule has 0 bridgehead atoms. The number of hydrogen-bond donors (Lipinski definition) is 1. The molecule has 0 spiro atoms. The lowest BCUT2D eigenvalue weighted by molar-refractivity contribution is -0.140. The Hall–Kier alpha value is -4.48. The molecule has 178 valence electrons. The zero-order valence-electron chi connectivity index (χ0n) is 18.5. The molecular formula is C23H18F3N7O2. The number of furan rings is 1. The topological polar surface area (TPSA) is 104 Å². The number of carbonyl (C=O) groups is 1. The van der Waals surface area contributed by atoms with E-state index in [0.29, 0.717) is 28.2 Å². The lowest BCUT2D eigenvalue weighted by Crippen LogP contribution is -2.12. The van der Waals surface area contributed by atoms with Gasteiger partial charge in [0, 0.05) is 17.6 Å². The van der Waals surface area contributed by atoms with Crippen LogP contribution in [0.1, 0.15) is 36.1 Å². The van der Waals surface area contributed by atoms with Crippen molar-refractivity contribution in [1.29, 1.82) is 0 Å². The molecule has 1 N–H and O–H groups in total. The minimum Gasteiger partial charge on any atom is -0.451 e. The molecule has 0 saturated heterocycles. The minimum absolute atomic E-state index is 0.0267. The molecule has 0 atom stereocenters. The number of pyridine rings is 1. The highest BCUT2D eigenvalue weighted by Crippen LogP contribution is 2.31. The highest BCUT2D eigenvalue weighted by atomic mass is 19.4. The van der Waals surface area contributed by atoms with Gasteiger partial charge in [-0.15, -0.1) is 10.2 Å². The fourth-order valence-corrected chi connectivity index (χ4v) is 3.59. The summed E-state index contributed by atoms with van der Waals surface area (Å²) in [5, 5.41) is 11.2. The van der Waals surface area contributed by atoms with Crippen LogP contribution in [-0.4, -0.2) is 35.2 Å². The number of fused-ring (bicyclic) bond motifs is 1. The van der Waals surface area contributed by atoms with Gasteiger partial charge in [0.2, 0.25) is 0 Å². The maximum atomic E-state index is 13.0. The van der Waals surface area contributed by atoms with Gasteiger partial charge in [0.25, 0.3) is 5.91 Å². The van der Waals surface area contributed by atoms with Crippen LogP contribution in [0.2, 0.25) is 0 Å². The van der Waals surface area contributed by atoms with E-state index in [1.165, 1.54) is 10.6 Å². The summed E-state index contributed by atoms with van der Waals surface area (Å²) >= 11 is 0. The molecule has 0 radical (unpaired) electrons. The number of anilines is 1. The second-order valence-corrected chi connectivity index (χ2v) is 7.98. The summed E-state index contributed by atoms with van der Waals surface area (Å²) in [6.07, 6.45) is -1.01. The van der Waals surface area contributed by atoms with Gasteiger partial charge in [-0.1, -0.05) is 12.1 Å². The van der Waals surface area contributed by atoms with Crippen LogP contribution < -0.4 is 5.32 Å². The molecular weight excluding hydrogens is 463 g/mol. The molecule has 0 saturated carbocycles. The lowest BCUT2D eigenvalue weighted by atomic mass is 10.2. The van der Waals surface area contributed by atoms with E-state index in [0.717, 1.165) is 12.5 Å². The number of carbonyl (C=O) groups excluding carboxylic acids is 1. The van der Waals surface area contributed by atoms with Crippen LogP contribution in [0.15, 0.2) is 65.7 Å². The summed E-state index contributed by atoms with van der Waals surface area (Å²) in [5.41, 5.74) is 0.236. The van der Waals surface area contributed by atoms with Crippen LogP contribution in [0.25, 0.3) is 28.2 Å². The maximum Gasteiger partial charge on any atom is 0.434 e. The Labute approximate surface area is 196 Å². The number of nitrogens with zero attached hydrogens (tertiary/aromatic N) is 6. The summed E-state index contributed by atoms with van der Waals surface area (Å²) in [5.74, 6) is 0.240. The zero-order chi connectivity index (χ0) is 24.7. The van der Waals surface area contributed by atoms with Crippen molar-refractivity contribution in [1.82, 2.24) is 29.3 Å². The van der Waals surface area contributed by atoms with Gasteiger partial charge in [-0.3, -0.25) is 4.79 Å². The monoisotopic (exact) mass is 481 g/mol. The van der Waals surface area contributed by atoms with Crippen LogP contribution >= 0.6 is 0 Å². The van der Waals surface area contributed by atoms with Crippen LogP contribution in [0.5, 0.6) is 0 Å². The molecule has 35 heavy (non-hydrogen) atoms. The number of amides is 1. The number of hydrogen-bond acceptors (Lipinski definition) is 6. The van der Waals surface area contributed by atoms with E-state index >= 15 is 0 Å². The number of nitrogens with one attached hydrogen (secondary N) is 1. The summed E-state index contributed by atoms with van der Waals surface area (Å²) in [4.78, 5) is 20.8. The Morgan fingerprint density at radius 2 is 1.91 bits per heavy atom. The third-order valence-electron chi connectivity index (χ3n) is 5.26. The molecule has 0 aliphatic rings. The molecule has 0 fully saturated rings. The predicted molar refractivity (Wildman–Crippen MR) is 120 cm³/mol. The van der Waals surface area contributed by atoms with Gasteiger partial charge in [-0.05, 0) is 44.2 Å². The zero-order valence-corrected chi connectivity index (χ0v) is 18.5. The number of aromatic nitrogens is 6. The highest BCUT2D eigenvalue weighted by Gasteiger charge is 2.33. The fraction of sp³-hybridized carbons (Fsp3) is 0.174. The number of rotatable bonds is 5. The Morgan fingerprint density at radius 3 is 2.66 bits per heavy atom. The molecule has 1 amide bonds. The predicted octanol–water partition coefficient (Wildman–Crippen LogP) is 5.12. The average Bonchev–Trinajstić information content (AvgIpc) is 3.57. The summed E-state index contributed by atoms with van der Waals surface area (Å²) < 4.78 is 47.7. The van der Waals surface area contributed by atoms with Gasteiger partial charge in [-0.25, -0.2) is 9.97 Å². The van der Waals surface area contributed by atoms with Gasteiger partial charge in [0.15, 0.2) is 17.3 Å². The highest BCUT2D eigenvalue weighted by molar-refractivity contribution is 6.05. The molecule has 5 aromatic rings. The van der Waals surface area contributed by atoms with Crippen molar-refractivity contribution in [2.24, 2.45) is 0 Å². The van der Waals surface area contributed by atoms with Gasteiger partial charge in [-0.2, -0.15) is 13.2 Å². The van der Waals surface area contributed by atoms with Crippen molar-refractivity contribution in [2.45, 2.75) is 26.1 Å². The van der Waals surface area contributed by atoms with E-state index in [1.54, 1.807) is 42.7 Å². The first-order valence-corrected chi connectivity index (χ1v) is 10.5. The molecule has 5 rings (SSSR count). The second kappa shape index (κ2) is 8.38. The van der Waals surface area contributed by atoms with Crippen molar-refractivity contribution in [3.8, 4) is 17.2 Å². The fourth-order valence-electron chi connectivity index (χ4n) is 3.59. The Bertz CT molecular complexity index is 1530. The van der Waals surface area contributed by atoms with Crippen LogP contribution in [-0.2, 0) is 6.18 Å². The normalized spacial score (nSPS) is 11.9.